The van der Waals surface area contributed by atoms with Crippen molar-refractivity contribution < 1.29 is 9.53 Å². The summed E-state index contributed by atoms with van der Waals surface area (Å²) in [6.45, 7) is 5.57. The second-order valence-corrected chi connectivity index (χ2v) is 7.99. The van der Waals surface area contributed by atoms with Crippen LogP contribution in [0, 0.1) is 0 Å². The second kappa shape index (κ2) is 6.75. The van der Waals surface area contributed by atoms with Crippen LogP contribution in [0.2, 0.25) is 0 Å². The molecule has 0 radical (unpaired) electrons. The monoisotopic (exact) mass is 373 g/mol. The molecule has 2 aromatic heterocycles. The largest absolute Gasteiger partial charge is 0.444 e. The van der Waals surface area contributed by atoms with E-state index in [0.717, 1.165) is 28.1 Å². The Kier molecular flexibility index (Phi) is 4.38. The molecule has 1 aliphatic carbocycles. The Bertz CT molecular complexity index is 964. The highest BCUT2D eigenvalue weighted by Gasteiger charge is 2.46. The number of nitrogens with zero attached hydrogens (tertiary/aromatic N) is 2. The molecule has 1 aromatic carbocycles. The molecule has 0 spiro atoms. The topological polar surface area (TPSA) is 64.1 Å². The third-order valence-electron chi connectivity index (χ3n) is 4.79. The zero-order chi connectivity index (χ0) is 19.8. The van der Waals surface area contributed by atoms with E-state index in [-0.39, 0.29) is 0 Å². The number of fused-ring (bicyclic) bond motifs is 3. The van der Waals surface area contributed by atoms with Gasteiger partial charge in [-0.3, -0.25) is 9.97 Å². The van der Waals surface area contributed by atoms with Crippen molar-refractivity contribution in [3.63, 3.8) is 0 Å². The molecule has 0 fully saturated rings. The molecule has 1 amide bonds. The molecular weight excluding hydrogens is 350 g/mol. The van der Waals surface area contributed by atoms with E-state index in [1.165, 1.54) is 0 Å². The predicted molar refractivity (Wildman–Crippen MR) is 108 cm³/mol. The number of carbonyl (C=O) groups excluding carboxylic acids is 1. The molecular formula is C23H23N3O2. The highest BCUT2D eigenvalue weighted by atomic mass is 16.6. The van der Waals surface area contributed by atoms with Gasteiger partial charge in [0.05, 0.1) is 11.4 Å². The van der Waals surface area contributed by atoms with Crippen LogP contribution < -0.4 is 5.32 Å². The summed E-state index contributed by atoms with van der Waals surface area (Å²) in [7, 11) is 0. The summed E-state index contributed by atoms with van der Waals surface area (Å²) in [5, 5.41) is 3.17. The summed E-state index contributed by atoms with van der Waals surface area (Å²) in [6, 6.07) is 17.9. The van der Waals surface area contributed by atoms with Crippen LogP contribution in [-0.2, 0) is 16.7 Å². The average Bonchev–Trinajstić information content (AvgIpc) is 2.92. The van der Waals surface area contributed by atoms with Gasteiger partial charge in [0.1, 0.15) is 11.1 Å². The first-order valence-corrected chi connectivity index (χ1v) is 9.35. The molecule has 0 unspecified atom stereocenters. The van der Waals surface area contributed by atoms with Crippen molar-refractivity contribution in [2.24, 2.45) is 0 Å². The normalized spacial score (nSPS) is 14.1. The number of amides is 1. The number of benzene rings is 1. The van der Waals surface area contributed by atoms with Crippen LogP contribution in [0.25, 0.3) is 11.4 Å². The number of rotatable bonds is 3. The van der Waals surface area contributed by atoms with Gasteiger partial charge in [0.25, 0.3) is 0 Å². The minimum atomic E-state index is -0.795. The number of nitrogens with one attached hydrogen (secondary N) is 1. The second-order valence-electron chi connectivity index (χ2n) is 7.99. The van der Waals surface area contributed by atoms with Crippen molar-refractivity contribution in [2.75, 3.05) is 0 Å². The Balaban J connectivity index is 1.87. The molecule has 3 aromatic rings. The van der Waals surface area contributed by atoms with Gasteiger partial charge in [-0.05, 0) is 38.5 Å². The Morgan fingerprint density at radius 3 is 2.04 bits per heavy atom. The summed E-state index contributed by atoms with van der Waals surface area (Å²) in [5.41, 5.74) is 3.17. The van der Waals surface area contributed by atoms with Gasteiger partial charge in [-0.15, -0.1) is 0 Å². The van der Waals surface area contributed by atoms with E-state index in [1.54, 1.807) is 12.4 Å². The fourth-order valence-electron chi connectivity index (χ4n) is 3.77. The minimum absolute atomic E-state index is 0.463. The van der Waals surface area contributed by atoms with Crippen molar-refractivity contribution in [2.45, 2.75) is 38.3 Å². The number of hydrogen-bond acceptors (Lipinski definition) is 4. The first kappa shape index (κ1) is 18.2. The lowest BCUT2D eigenvalue weighted by molar-refractivity contribution is 0.0473. The number of carbonyl (C=O) groups is 1. The number of ether oxygens (including phenoxy) is 1. The molecule has 1 aliphatic rings. The number of alkyl carbamates (subject to hydrolysis) is 1. The fraction of sp³-hybridized carbons (Fsp3) is 0.261. The van der Waals surface area contributed by atoms with Crippen LogP contribution in [-0.4, -0.2) is 21.7 Å². The van der Waals surface area contributed by atoms with Crippen molar-refractivity contribution in [1.29, 1.82) is 0 Å². The molecule has 0 atom stereocenters. The van der Waals surface area contributed by atoms with E-state index in [4.69, 9.17) is 4.74 Å². The fourth-order valence-corrected chi connectivity index (χ4v) is 3.77. The van der Waals surface area contributed by atoms with Gasteiger partial charge in [-0.2, -0.15) is 0 Å². The lowest BCUT2D eigenvalue weighted by Gasteiger charge is -2.34. The quantitative estimate of drug-likeness (QED) is 0.736. The van der Waals surface area contributed by atoms with Gasteiger partial charge in [0.2, 0.25) is 0 Å². The zero-order valence-corrected chi connectivity index (χ0v) is 16.3. The van der Waals surface area contributed by atoms with Crippen LogP contribution >= 0.6 is 0 Å². The number of pyridine rings is 2. The molecule has 0 bridgehead atoms. The molecule has 5 nitrogen and oxygen atoms in total. The maximum absolute atomic E-state index is 12.9. The molecule has 142 valence electrons. The van der Waals surface area contributed by atoms with Gasteiger partial charge in [0, 0.05) is 29.9 Å². The first-order valence-electron chi connectivity index (χ1n) is 9.35. The van der Waals surface area contributed by atoms with Crippen LogP contribution in [0.5, 0.6) is 0 Å². The van der Waals surface area contributed by atoms with Crippen LogP contribution in [0.1, 0.15) is 37.5 Å². The highest BCUT2D eigenvalue weighted by Crippen LogP contribution is 2.47. The maximum atomic E-state index is 12.9. The van der Waals surface area contributed by atoms with E-state index < -0.39 is 17.2 Å². The van der Waals surface area contributed by atoms with Gasteiger partial charge in [0.15, 0.2) is 0 Å². The number of aromatic nitrogens is 2. The van der Waals surface area contributed by atoms with Crippen LogP contribution in [0.15, 0.2) is 67.0 Å². The van der Waals surface area contributed by atoms with Crippen LogP contribution in [0.4, 0.5) is 4.79 Å². The van der Waals surface area contributed by atoms with Crippen molar-refractivity contribution >= 4 is 6.09 Å². The van der Waals surface area contributed by atoms with Crippen molar-refractivity contribution in [3.05, 3.63) is 83.7 Å². The molecule has 0 saturated heterocycles. The molecule has 2 heterocycles. The average molecular weight is 373 g/mol. The standard InChI is InChI=1S/C23H23N3O2/c1-22(2,3)28-21(27)26-23(15-16-9-5-4-6-10-16)17-11-7-13-24-19(17)20-18(23)12-8-14-25-20/h4-14H,15H2,1-3H3,(H,26,27). The number of hydrogen-bond donors (Lipinski definition) is 1. The third kappa shape index (κ3) is 3.24. The molecule has 28 heavy (non-hydrogen) atoms. The summed E-state index contributed by atoms with van der Waals surface area (Å²) < 4.78 is 5.60. The lowest BCUT2D eigenvalue weighted by Crippen LogP contribution is -2.49. The summed E-state index contributed by atoms with van der Waals surface area (Å²) in [6.07, 6.45) is 3.62. The van der Waals surface area contributed by atoms with Crippen LogP contribution in [0.3, 0.4) is 0 Å². The maximum Gasteiger partial charge on any atom is 0.408 e. The van der Waals surface area contributed by atoms with E-state index in [9.17, 15) is 4.79 Å². The Morgan fingerprint density at radius 1 is 0.929 bits per heavy atom. The molecule has 5 heteroatoms. The summed E-state index contributed by atoms with van der Waals surface area (Å²) in [5.74, 6) is 0. The molecule has 1 N–H and O–H groups in total. The van der Waals surface area contributed by atoms with E-state index >= 15 is 0 Å². The first-order chi connectivity index (χ1) is 13.4. The Morgan fingerprint density at radius 2 is 1.50 bits per heavy atom. The van der Waals surface area contributed by atoms with Gasteiger partial charge in [-0.25, -0.2) is 4.79 Å². The van der Waals surface area contributed by atoms with Gasteiger partial charge >= 0.3 is 6.09 Å². The van der Waals surface area contributed by atoms with Gasteiger partial charge < -0.3 is 10.1 Å². The van der Waals surface area contributed by atoms with Gasteiger partial charge in [-0.1, -0.05) is 42.5 Å². The third-order valence-corrected chi connectivity index (χ3v) is 4.79. The minimum Gasteiger partial charge on any atom is -0.444 e. The van der Waals surface area contributed by atoms with Crippen molar-refractivity contribution in [3.8, 4) is 11.4 Å². The SMILES string of the molecule is CC(C)(C)OC(=O)NC1(Cc2ccccc2)c2cccnc2-c2ncccc21. The van der Waals surface area contributed by atoms with E-state index in [0.29, 0.717) is 6.42 Å². The van der Waals surface area contributed by atoms with Crippen molar-refractivity contribution in [1.82, 2.24) is 15.3 Å². The predicted octanol–water partition coefficient (Wildman–Crippen LogP) is 4.47. The smallest absolute Gasteiger partial charge is 0.408 e. The Hall–Kier alpha value is -3.21. The molecule has 0 aliphatic heterocycles. The lowest BCUT2D eigenvalue weighted by atomic mass is 9.82. The van der Waals surface area contributed by atoms with E-state index in [2.05, 4.69) is 27.4 Å². The highest BCUT2D eigenvalue weighted by molar-refractivity contribution is 5.79. The summed E-state index contributed by atoms with van der Waals surface area (Å²) >= 11 is 0. The molecule has 4 rings (SSSR count). The zero-order valence-electron chi connectivity index (χ0n) is 16.3. The molecule has 0 saturated carbocycles. The Labute approximate surface area is 164 Å². The summed E-state index contributed by atoms with van der Waals surface area (Å²) in [4.78, 5) is 22.0. The van der Waals surface area contributed by atoms with E-state index in [1.807, 2.05) is 63.2 Å².